The highest BCUT2D eigenvalue weighted by molar-refractivity contribution is 7.09. The number of guanidine groups is 1. The zero-order chi connectivity index (χ0) is 16.0. The molecule has 1 fully saturated rings. The predicted octanol–water partition coefficient (Wildman–Crippen LogP) is 3.90. The summed E-state index contributed by atoms with van der Waals surface area (Å²) < 4.78 is 0. The lowest BCUT2D eigenvalue weighted by Gasteiger charge is -2.28. The van der Waals surface area contributed by atoms with E-state index in [0.717, 1.165) is 24.7 Å². The molecule has 2 N–H and O–H groups in total. The first kappa shape index (κ1) is 17.3. The Bertz CT molecular complexity index is 487. The van der Waals surface area contributed by atoms with E-state index in [4.69, 9.17) is 0 Å². The van der Waals surface area contributed by atoms with E-state index in [1.807, 2.05) is 7.05 Å². The van der Waals surface area contributed by atoms with Crippen LogP contribution >= 0.6 is 11.3 Å². The first-order valence-corrected chi connectivity index (χ1v) is 9.35. The molecule has 4 nitrogen and oxygen atoms in total. The van der Waals surface area contributed by atoms with Crippen molar-refractivity contribution in [3.8, 4) is 0 Å². The van der Waals surface area contributed by atoms with E-state index in [0.29, 0.717) is 11.3 Å². The summed E-state index contributed by atoms with van der Waals surface area (Å²) in [6.07, 6.45) is 6.69. The van der Waals surface area contributed by atoms with Crippen LogP contribution in [0.5, 0.6) is 0 Å². The molecule has 0 spiro atoms. The van der Waals surface area contributed by atoms with E-state index in [9.17, 15) is 0 Å². The van der Waals surface area contributed by atoms with Crippen LogP contribution in [0.3, 0.4) is 0 Å². The van der Waals surface area contributed by atoms with Gasteiger partial charge in [-0.2, -0.15) is 0 Å². The molecule has 5 heteroatoms. The van der Waals surface area contributed by atoms with Crippen molar-refractivity contribution in [2.75, 3.05) is 13.6 Å². The number of aromatic nitrogens is 1. The normalized spacial score (nSPS) is 18.0. The smallest absolute Gasteiger partial charge is 0.191 e. The van der Waals surface area contributed by atoms with Crippen LogP contribution < -0.4 is 10.6 Å². The predicted molar refractivity (Wildman–Crippen MR) is 95.6 cm³/mol. The Morgan fingerprint density at radius 3 is 2.64 bits per heavy atom. The molecular formula is C17H30N4S. The lowest BCUT2D eigenvalue weighted by molar-refractivity contribution is 0.283. The summed E-state index contributed by atoms with van der Waals surface area (Å²) in [6, 6.07) is 0. The van der Waals surface area contributed by atoms with Crippen molar-refractivity contribution in [3.05, 3.63) is 16.1 Å². The van der Waals surface area contributed by atoms with E-state index in [-0.39, 0.29) is 0 Å². The molecule has 0 aliphatic heterocycles. The van der Waals surface area contributed by atoms with Gasteiger partial charge in [-0.3, -0.25) is 4.99 Å². The second-order valence-electron chi connectivity index (χ2n) is 6.67. The van der Waals surface area contributed by atoms with E-state index >= 15 is 0 Å². The van der Waals surface area contributed by atoms with Gasteiger partial charge in [0.1, 0.15) is 0 Å². The van der Waals surface area contributed by atoms with Crippen molar-refractivity contribution in [1.29, 1.82) is 0 Å². The van der Waals surface area contributed by atoms with Crippen LogP contribution in [0.25, 0.3) is 0 Å². The molecule has 124 valence electrons. The Labute approximate surface area is 138 Å². The average Bonchev–Trinajstić information content (AvgIpc) is 3.17. The van der Waals surface area contributed by atoms with Crippen LogP contribution in [0.4, 0.5) is 0 Å². The fourth-order valence-electron chi connectivity index (χ4n) is 3.12. The molecule has 22 heavy (non-hydrogen) atoms. The Morgan fingerprint density at radius 2 is 2.09 bits per heavy atom. The summed E-state index contributed by atoms with van der Waals surface area (Å²) in [7, 11) is 1.84. The molecule has 1 aliphatic rings. The fraction of sp³-hybridized carbons (Fsp3) is 0.765. The zero-order valence-corrected chi connectivity index (χ0v) is 15.2. The third-order valence-corrected chi connectivity index (χ3v) is 5.96. The van der Waals surface area contributed by atoms with Gasteiger partial charge in [-0.1, -0.05) is 33.6 Å². The third-order valence-electron chi connectivity index (χ3n) is 4.77. The van der Waals surface area contributed by atoms with Gasteiger partial charge in [0.05, 0.1) is 17.2 Å². The topological polar surface area (TPSA) is 49.3 Å². The van der Waals surface area contributed by atoms with Crippen LogP contribution in [-0.4, -0.2) is 24.5 Å². The molecule has 0 unspecified atom stereocenters. The lowest BCUT2D eigenvalue weighted by Crippen LogP contribution is -2.42. The molecule has 2 rings (SSSR count). The zero-order valence-electron chi connectivity index (χ0n) is 14.4. The molecule has 1 heterocycles. The second kappa shape index (κ2) is 7.95. The van der Waals surface area contributed by atoms with Crippen LogP contribution in [0.2, 0.25) is 0 Å². The van der Waals surface area contributed by atoms with Gasteiger partial charge < -0.3 is 10.6 Å². The van der Waals surface area contributed by atoms with Crippen molar-refractivity contribution >= 4 is 17.3 Å². The molecular weight excluding hydrogens is 292 g/mol. The van der Waals surface area contributed by atoms with Crippen molar-refractivity contribution in [1.82, 2.24) is 15.6 Å². The molecule has 0 bridgehead atoms. The van der Waals surface area contributed by atoms with Crippen molar-refractivity contribution in [3.63, 3.8) is 0 Å². The van der Waals surface area contributed by atoms with Gasteiger partial charge in [-0.25, -0.2) is 4.98 Å². The van der Waals surface area contributed by atoms with Crippen LogP contribution in [0, 0.1) is 5.41 Å². The molecule has 1 saturated carbocycles. The molecule has 0 atom stereocenters. The molecule has 1 aromatic heterocycles. The number of rotatable bonds is 6. The largest absolute Gasteiger partial charge is 0.356 e. The second-order valence-corrected chi connectivity index (χ2v) is 7.56. The summed E-state index contributed by atoms with van der Waals surface area (Å²) >= 11 is 1.74. The molecule has 0 radical (unpaired) electrons. The van der Waals surface area contributed by atoms with E-state index in [1.165, 1.54) is 37.1 Å². The number of nitrogens with zero attached hydrogens (tertiary/aromatic N) is 2. The SMILES string of the molecule is CCC1(CNC(=NC)NCc2csc(C(C)C)n2)CCCC1. The lowest BCUT2D eigenvalue weighted by atomic mass is 9.83. The van der Waals surface area contributed by atoms with Gasteiger partial charge >= 0.3 is 0 Å². The van der Waals surface area contributed by atoms with E-state index < -0.39 is 0 Å². The molecule has 0 saturated heterocycles. The maximum absolute atomic E-state index is 4.66. The van der Waals surface area contributed by atoms with E-state index in [1.54, 1.807) is 11.3 Å². The number of hydrogen-bond donors (Lipinski definition) is 2. The van der Waals surface area contributed by atoms with Gasteiger partial charge in [0.2, 0.25) is 0 Å². The highest BCUT2D eigenvalue weighted by Gasteiger charge is 2.31. The number of hydrogen-bond acceptors (Lipinski definition) is 3. The summed E-state index contributed by atoms with van der Waals surface area (Å²) in [5.74, 6) is 1.39. The van der Waals surface area contributed by atoms with Crippen LogP contribution in [0.15, 0.2) is 10.4 Å². The van der Waals surface area contributed by atoms with Crippen LogP contribution in [0.1, 0.15) is 69.5 Å². The number of thiazole rings is 1. The maximum atomic E-state index is 4.66. The minimum absolute atomic E-state index is 0.475. The van der Waals surface area contributed by atoms with Gasteiger partial charge in [0, 0.05) is 24.9 Å². The minimum atomic E-state index is 0.475. The minimum Gasteiger partial charge on any atom is -0.356 e. The van der Waals surface area contributed by atoms with Crippen LogP contribution in [-0.2, 0) is 6.54 Å². The quantitative estimate of drug-likeness (QED) is 0.617. The van der Waals surface area contributed by atoms with Crippen molar-refractivity contribution in [2.45, 2.75) is 65.3 Å². The first-order valence-electron chi connectivity index (χ1n) is 8.47. The summed E-state index contributed by atoms with van der Waals surface area (Å²) in [6.45, 7) is 8.44. The molecule has 1 aromatic rings. The third kappa shape index (κ3) is 4.45. The molecule has 1 aliphatic carbocycles. The highest BCUT2D eigenvalue weighted by atomic mass is 32.1. The summed E-state index contributed by atoms with van der Waals surface area (Å²) in [5, 5.41) is 10.2. The Hall–Kier alpha value is -1.10. The average molecular weight is 323 g/mol. The number of aliphatic imine (C=N–C) groups is 1. The summed E-state index contributed by atoms with van der Waals surface area (Å²) in [4.78, 5) is 9.00. The fourth-order valence-corrected chi connectivity index (χ4v) is 3.95. The van der Waals surface area contributed by atoms with Gasteiger partial charge in [0.25, 0.3) is 0 Å². The van der Waals surface area contributed by atoms with Gasteiger partial charge in [-0.05, 0) is 24.7 Å². The Balaban J connectivity index is 1.82. The summed E-state index contributed by atoms with van der Waals surface area (Å²) in [5.41, 5.74) is 1.58. The van der Waals surface area contributed by atoms with Gasteiger partial charge in [-0.15, -0.1) is 11.3 Å². The number of nitrogens with one attached hydrogen (secondary N) is 2. The van der Waals surface area contributed by atoms with Gasteiger partial charge in [0.15, 0.2) is 5.96 Å². The maximum Gasteiger partial charge on any atom is 0.191 e. The molecule has 0 aromatic carbocycles. The Kier molecular flexibility index (Phi) is 6.24. The van der Waals surface area contributed by atoms with Crippen molar-refractivity contribution < 1.29 is 0 Å². The molecule has 0 amide bonds. The highest BCUT2D eigenvalue weighted by Crippen LogP contribution is 2.40. The first-order chi connectivity index (χ1) is 10.6. The Morgan fingerprint density at radius 1 is 1.36 bits per heavy atom. The monoisotopic (exact) mass is 322 g/mol. The van der Waals surface area contributed by atoms with E-state index in [2.05, 4.69) is 46.8 Å². The van der Waals surface area contributed by atoms with Crippen molar-refractivity contribution in [2.24, 2.45) is 10.4 Å². The standard InChI is InChI=1S/C17H30N4S/c1-5-17(8-6-7-9-17)12-20-16(18-4)19-10-14-11-22-15(21-14)13(2)3/h11,13H,5-10,12H2,1-4H3,(H2,18,19,20).